The van der Waals surface area contributed by atoms with Crippen LogP contribution in [-0.4, -0.2) is 4.98 Å². The van der Waals surface area contributed by atoms with Crippen LogP contribution in [0.1, 0.15) is 0 Å². The SMILES string of the molecule is Nc1cc(-c2cc(F)cc(F)c2)ncc1Br. The first-order valence-corrected chi connectivity index (χ1v) is 5.23. The summed E-state index contributed by atoms with van der Waals surface area (Å²) in [5.74, 6) is -1.28. The lowest BCUT2D eigenvalue weighted by molar-refractivity contribution is 0.584. The van der Waals surface area contributed by atoms with Crippen LogP contribution in [0.5, 0.6) is 0 Å². The normalized spacial score (nSPS) is 10.4. The minimum Gasteiger partial charge on any atom is -0.398 e. The van der Waals surface area contributed by atoms with Gasteiger partial charge in [0, 0.05) is 23.5 Å². The maximum absolute atomic E-state index is 13.0. The molecular formula is C11H7BrF2N2. The van der Waals surface area contributed by atoms with Crippen LogP contribution in [0, 0.1) is 11.6 Å². The van der Waals surface area contributed by atoms with Gasteiger partial charge in [0.1, 0.15) is 11.6 Å². The highest BCUT2D eigenvalue weighted by Crippen LogP contribution is 2.25. The lowest BCUT2D eigenvalue weighted by Gasteiger charge is -2.04. The van der Waals surface area contributed by atoms with Gasteiger partial charge >= 0.3 is 0 Å². The van der Waals surface area contributed by atoms with E-state index in [-0.39, 0.29) is 0 Å². The van der Waals surface area contributed by atoms with Gasteiger partial charge in [-0.2, -0.15) is 0 Å². The minimum absolute atomic E-state index is 0.358. The lowest BCUT2D eigenvalue weighted by atomic mass is 10.1. The number of nitrogen functional groups attached to an aromatic ring is 1. The van der Waals surface area contributed by atoms with E-state index in [1.165, 1.54) is 18.3 Å². The third-order valence-corrected chi connectivity index (χ3v) is 2.71. The van der Waals surface area contributed by atoms with Crippen molar-refractivity contribution in [1.29, 1.82) is 0 Å². The van der Waals surface area contributed by atoms with Crippen molar-refractivity contribution < 1.29 is 8.78 Å². The van der Waals surface area contributed by atoms with E-state index in [9.17, 15) is 8.78 Å². The largest absolute Gasteiger partial charge is 0.398 e. The van der Waals surface area contributed by atoms with Crippen LogP contribution in [0.25, 0.3) is 11.3 Å². The molecule has 0 radical (unpaired) electrons. The summed E-state index contributed by atoms with van der Waals surface area (Å²) in [7, 11) is 0. The number of aromatic nitrogens is 1. The molecule has 2 N–H and O–H groups in total. The van der Waals surface area contributed by atoms with Crippen molar-refractivity contribution >= 4 is 21.6 Å². The van der Waals surface area contributed by atoms with Crippen LogP contribution in [0.15, 0.2) is 34.9 Å². The number of hydrogen-bond donors (Lipinski definition) is 1. The lowest BCUT2D eigenvalue weighted by Crippen LogP contribution is -1.92. The third kappa shape index (κ3) is 2.19. The minimum atomic E-state index is -0.640. The van der Waals surface area contributed by atoms with Crippen molar-refractivity contribution in [2.75, 3.05) is 5.73 Å². The Bertz CT molecular complexity index is 523. The molecule has 1 heterocycles. The summed E-state index contributed by atoms with van der Waals surface area (Å²) in [6.45, 7) is 0. The van der Waals surface area contributed by atoms with Gasteiger partial charge < -0.3 is 5.73 Å². The molecule has 0 bridgehead atoms. The van der Waals surface area contributed by atoms with E-state index in [2.05, 4.69) is 20.9 Å². The number of pyridine rings is 1. The van der Waals surface area contributed by atoms with E-state index in [1.807, 2.05) is 0 Å². The third-order valence-electron chi connectivity index (χ3n) is 2.04. The summed E-state index contributed by atoms with van der Waals surface area (Å²) >= 11 is 3.20. The van der Waals surface area contributed by atoms with E-state index in [0.29, 0.717) is 21.4 Å². The fourth-order valence-corrected chi connectivity index (χ4v) is 1.53. The Kier molecular flexibility index (Phi) is 2.87. The Morgan fingerprint density at radius 1 is 1.06 bits per heavy atom. The number of anilines is 1. The maximum Gasteiger partial charge on any atom is 0.126 e. The summed E-state index contributed by atoms with van der Waals surface area (Å²) in [6.07, 6.45) is 1.49. The molecule has 0 fully saturated rings. The van der Waals surface area contributed by atoms with Crippen molar-refractivity contribution in [1.82, 2.24) is 4.98 Å². The van der Waals surface area contributed by atoms with Crippen molar-refractivity contribution in [2.45, 2.75) is 0 Å². The highest BCUT2D eigenvalue weighted by Gasteiger charge is 2.06. The standard InChI is InChI=1S/C11H7BrF2N2/c12-9-5-16-11(4-10(9)15)6-1-7(13)3-8(14)2-6/h1-5H,(H2,15,16). The Hall–Kier alpha value is -1.49. The molecule has 0 saturated heterocycles. The van der Waals surface area contributed by atoms with Crippen LogP contribution in [0.2, 0.25) is 0 Å². The molecule has 0 unspecified atom stereocenters. The van der Waals surface area contributed by atoms with E-state index in [4.69, 9.17) is 5.73 Å². The van der Waals surface area contributed by atoms with Gasteiger partial charge in [0.15, 0.2) is 0 Å². The average molecular weight is 285 g/mol. The number of nitrogens with two attached hydrogens (primary N) is 1. The van der Waals surface area contributed by atoms with Gasteiger partial charge in [0.2, 0.25) is 0 Å². The highest BCUT2D eigenvalue weighted by molar-refractivity contribution is 9.10. The molecule has 82 valence electrons. The number of benzene rings is 1. The first-order chi connectivity index (χ1) is 7.56. The van der Waals surface area contributed by atoms with Crippen molar-refractivity contribution in [3.8, 4) is 11.3 Å². The number of nitrogens with zero attached hydrogens (tertiary/aromatic N) is 1. The van der Waals surface area contributed by atoms with Crippen molar-refractivity contribution in [3.05, 3.63) is 46.6 Å². The molecule has 0 saturated carbocycles. The van der Waals surface area contributed by atoms with Gasteiger partial charge in [-0.05, 0) is 34.1 Å². The summed E-state index contributed by atoms with van der Waals surface area (Å²) in [4.78, 5) is 4.03. The summed E-state index contributed by atoms with van der Waals surface area (Å²) < 4.78 is 26.6. The molecule has 1 aromatic heterocycles. The fraction of sp³-hybridized carbons (Fsp3) is 0. The van der Waals surface area contributed by atoms with E-state index in [0.717, 1.165) is 6.07 Å². The predicted molar refractivity (Wildman–Crippen MR) is 61.7 cm³/mol. The zero-order valence-electron chi connectivity index (χ0n) is 8.05. The first kappa shape index (κ1) is 11.0. The Morgan fingerprint density at radius 2 is 1.69 bits per heavy atom. The van der Waals surface area contributed by atoms with E-state index >= 15 is 0 Å². The molecule has 0 aliphatic rings. The molecule has 0 atom stereocenters. The summed E-state index contributed by atoms with van der Waals surface area (Å²) in [5.41, 5.74) is 6.91. The number of halogens is 3. The molecule has 2 nitrogen and oxygen atoms in total. The number of rotatable bonds is 1. The summed E-state index contributed by atoms with van der Waals surface area (Å²) in [6, 6.07) is 4.78. The van der Waals surface area contributed by atoms with Gasteiger partial charge in [-0.15, -0.1) is 0 Å². The van der Waals surface area contributed by atoms with Crippen molar-refractivity contribution in [3.63, 3.8) is 0 Å². The van der Waals surface area contributed by atoms with Gasteiger partial charge in [-0.1, -0.05) is 0 Å². The molecule has 0 aliphatic carbocycles. The topological polar surface area (TPSA) is 38.9 Å². The van der Waals surface area contributed by atoms with Gasteiger partial charge in [-0.3, -0.25) is 4.98 Å². The molecule has 2 rings (SSSR count). The monoisotopic (exact) mass is 284 g/mol. The second-order valence-corrected chi connectivity index (χ2v) is 4.10. The Morgan fingerprint density at radius 3 is 2.25 bits per heavy atom. The quantitative estimate of drug-likeness (QED) is 0.872. The van der Waals surface area contributed by atoms with Gasteiger partial charge in [-0.25, -0.2) is 8.78 Å². The Balaban J connectivity index is 2.54. The average Bonchev–Trinajstić information content (AvgIpc) is 2.20. The highest BCUT2D eigenvalue weighted by atomic mass is 79.9. The molecule has 2 aromatic rings. The molecule has 0 amide bonds. The summed E-state index contributed by atoms with van der Waals surface area (Å²) in [5, 5.41) is 0. The van der Waals surface area contributed by atoms with Crippen LogP contribution < -0.4 is 5.73 Å². The van der Waals surface area contributed by atoms with Crippen LogP contribution >= 0.6 is 15.9 Å². The van der Waals surface area contributed by atoms with E-state index in [1.54, 1.807) is 6.07 Å². The van der Waals surface area contributed by atoms with Crippen LogP contribution in [0.3, 0.4) is 0 Å². The van der Waals surface area contributed by atoms with Gasteiger partial charge in [0.25, 0.3) is 0 Å². The molecule has 1 aromatic carbocycles. The Labute approximate surface area is 99.2 Å². The molecule has 0 spiro atoms. The molecule has 16 heavy (non-hydrogen) atoms. The smallest absolute Gasteiger partial charge is 0.126 e. The second kappa shape index (κ2) is 4.17. The second-order valence-electron chi connectivity index (χ2n) is 3.25. The molecular weight excluding hydrogens is 278 g/mol. The van der Waals surface area contributed by atoms with Crippen molar-refractivity contribution in [2.24, 2.45) is 0 Å². The van der Waals surface area contributed by atoms with E-state index < -0.39 is 11.6 Å². The van der Waals surface area contributed by atoms with Crippen LogP contribution in [-0.2, 0) is 0 Å². The van der Waals surface area contributed by atoms with Crippen LogP contribution in [0.4, 0.5) is 14.5 Å². The van der Waals surface area contributed by atoms with Gasteiger partial charge in [0.05, 0.1) is 10.2 Å². The number of hydrogen-bond acceptors (Lipinski definition) is 2. The molecule has 5 heteroatoms. The predicted octanol–water partition coefficient (Wildman–Crippen LogP) is 3.37. The molecule has 0 aliphatic heterocycles. The zero-order valence-corrected chi connectivity index (χ0v) is 9.63. The first-order valence-electron chi connectivity index (χ1n) is 4.44. The zero-order chi connectivity index (χ0) is 11.7. The maximum atomic E-state index is 13.0. The fourth-order valence-electron chi connectivity index (χ4n) is 1.31.